The van der Waals surface area contributed by atoms with Crippen LogP contribution in [0.25, 0.3) is 10.6 Å². The Morgan fingerprint density at radius 2 is 2.27 bits per heavy atom. The molecular weight excluding hydrogens is 320 g/mol. The summed E-state index contributed by atoms with van der Waals surface area (Å²) in [5, 5.41) is 9.16. The average Bonchev–Trinajstić information content (AvgIpc) is 3.25. The third-order valence-corrected chi connectivity index (χ3v) is 5.69. The fraction of sp³-hybridized carbons (Fsp3) is 0.467. The van der Waals surface area contributed by atoms with Crippen molar-refractivity contribution >= 4 is 29.7 Å². The first-order valence-corrected chi connectivity index (χ1v) is 8.24. The van der Waals surface area contributed by atoms with Gasteiger partial charge in [-0.05, 0) is 42.2 Å². The Kier molecular flexibility index (Phi) is 4.25. The van der Waals surface area contributed by atoms with Gasteiger partial charge in [0.2, 0.25) is 0 Å². The standard InChI is InChI=1S/C15H18N4OS.ClH/c16-11-4-3-9-7-19(8-10(9)11)15(20)13-6-12(17-18-13)14-2-1-5-21-14;/h1-2,5-6,9-11H,3-4,7-8,16H2,(H,17,18);1H. The van der Waals surface area contributed by atoms with Crippen LogP contribution in [0.4, 0.5) is 0 Å². The number of aromatic amines is 1. The van der Waals surface area contributed by atoms with Crippen molar-refractivity contribution in [1.29, 1.82) is 0 Å². The van der Waals surface area contributed by atoms with Gasteiger partial charge in [0.05, 0.1) is 10.6 Å². The van der Waals surface area contributed by atoms with Crippen molar-refractivity contribution in [1.82, 2.24) is 15.1 Å². The summed E-state index contributed by atoms with van der Waals surface area (Å²) >= 11 is 1.63. The van der Waals surface area contributed by atoms with Crippen LogP contribution in [-0.2, 0) is 0 Å². The molecule has 3 unspecified atom stereocenters. The molecule has 3 atom stereocenters. The third kappa shape index (κ3) is 2.55. The molecule has 2 aliphatic rings. The van der Waals surface area contributed by atoms with Crippen LogP contribution in [0.1, 0.15) is 23.3 Å². The zero-order chi connectivity index (χ0) is 14.4. The van der Waals surface area contributed by atoms with Crippen LogP contribution < -0.4 is 5.73 Å². The summed E-state index contributed by atoms with van der Waals surface area (Å²) in [7, 11) is 0. The molecule has 0 spiro atoms. The smallest absolute Gasteiger partial charge is 0.274 e. The monoisotopic (exact) mass is 338 g/mol. The van der Waals surface area contributed by atoms with E-state index < -0.39 is 0 Å². The molecule has 4 rings (SSSR count). The Labute approximate surface area is 139 Å². The molecule has 3 heterocycles. The third-order valence-electron chi connectivity index (χ3n) is 4.78. The molecule has 1 aliphatic heterocycles. The number of fused-ring (bicyclic) bond motifs is 1. The number of rotatable bonds is 2. The van der Waals surface area contributed by atoms with Gasteiger partial charge in [-0.25, -0.2) is 0 Å². The van der Waals surface area contributed by atoms with Gasteiger partial charge in [-0.2, -0.15) is 5.10 Å². The molecule has 118 valence electrons. The van der Waals surface area contributed by atoms with Gasteiger partial charge in [0, 0.05) is 19.1 Å². The maximum Gasteiger partial charge on any atom is 0.274 e. The number of nitrogens with one attached hydrogen (secondary N) is 1. The summed E-state index contributed by atoms with van der Waals surface area (Å²) in [6, 6.07) is 6.12. The number of nitrogens with two attached hydrogens (primary N) is 1. The van der Waals surface area contributed by atoms with Gasteiger partial charge in [-0.15, -0.1) is 23.7 Å². The highest BCUT2D eigenvalue weighted by Gasteiger charge is 2.42. The Morgan fingerprint density at radius 3 is 3.00 bits per heavy atom. The SMILES string of the molecule is Cl.NC1CCC2CN(C(=O)c3cc(-c4cccs4)[nH]n3)CC12. The molecule has 1 saturated carbocycles. The molecule has 2 aromatic rings. The number of H-pyrrole nitrogens is 1. The van der Waals surface area contributed by atoms with Crippen LogP contribution >= 0.6 is 23.7 Å². The minimum Gasteiger partial charge on any atom is -0.337 e. The highest BCUT2D eigenvalue weighted by molar-refractivity contribution is 7.13. The zero-order valence-electron chi connectivity index (χ0n) is 12.1. The van der Waals surface area contributed by atoms with Crippen molar-refractivity contribution in [3.05, 3.63) is 29.3 Å². The van der Waals surface area contributed by atoms with Crippen molar-refractivity contribution in [2.45, 2.75) is 18.9 Å². The lowest BCUT2D eigenvalue weighted by atomic mass is 9.98. The Hall–Kier alpha value is -1.37. The van der Waals surface area contributed by atoms with E-state index in [-0.39, 0.29) is 24.4 Å². The topological polar surface area (TPSA) is 75.0 Å². The number of halogens is 1. The molecule has 22 heavy (non-hydrogen) atoms. The normalized spacial score (nSPS) is 26.8. The predicted molar refractivity (Wildman–Crippen MR) is 89.2 cm³/mol. The fourth-order valence-corrected chi connectivity index (χ4v) is 4.32. The second kappa shape index (κ2) is 6.02. The Balaban J connectivity index is 0.00000144. The quantitative estimate of drug-likeness (QED) is 0.882. The maximum atomic E-state index is 12.6. The number of likely N-dealkylation sites (tertiary alicyclic amines) is 1. The van der Waals surface area contributed by atoms with Crippen molar-refractivity contribution in [2.24, 2.45) is 17.6 Å². The predicted octanol–water partition coefficient (Wildman–Crippen LogP) is 2.37. The fourth-order valence-electron chi connectivity index (χ4n) is 3.62. The molecule has 1 aliphatic carbocycles. The summed E-state index contributed by atoms with van der Waals surface area (Å²) in [5.41, 5.74) is 7.54. The van der Waals surface area contributed by atoms with E-state index in [2.05, 4.69) is 10.2 Å². The van der Waals surface area contributed by atoms with Crippen LogP contribution in [0, 0.1) is 11.8 Å². The zero-order valence-corrected chi connectivity index (χ0v) is 13.7. The first-order valence-electron chi connectivity index (χ1n) is 7.36. The van der Waals surface area contributed by atoms with Crippen LogP contribution in [0.2, 0.25) is 0 Å². The first kappa shape index (κ1) is 15.5. The van der Waals surface area contributed by atoms with Gasteiger partial charge in [0.1, 0.15) is 0 Å². The van der Waals surface area contributed by atoms with Crippen LogP contribution in [0.15, 0.2) is 23.6 Å². The molecule has 3 N–H and O–H groups in total. The van der Waals surface area contributed by atoms with Crippen LogP contribution in [0.3, 0.4) is 0 Å². The van der Waals surface area contributed by atoms with E-state index in [4.69, 9.17) is 5.73 Å². The number of carbonyl (C=O) groups excluding carboxylic acids is 1. The largest absolute Gasteiger partial charge is 0.337 e. The molecule has 1 amide bonds. The number of hydrogen-bond acceptors (Lipinski definition) is 4. The summed E-state index contributed by atoms with van der Waals surface area (Å²) in [6.45, 7) is 1.62. The molecule has 0 aromatic carbocycles. The molecule has 5 nitrogen and oxygen atoms in total. The van der Waals surface area contributed by atoms with E-state index in [0.717, 1.165) is 36.5 Å². The minimum absolute atomic E-state index is 0. The highest BCUT2D eigenvalue weighted by atomic mass is 35.5. The molecule has 7 heteroatoms. The van der Waals surface area contributed by atoms with E-state index in [1.165, 1.54) is 0 Å². The number of hydrogen-bond donors (Lipinski definition) is 2. The molecular formula is C15H19ClN4OS. The van der Waals surface area contributed by atoms with Crippen molar-refractivity contribution in [3.8, 4) is 10.6 Å². The summed E-state index contributed by atoms with van der Waals surface area (Å²) in [4.78, 5) is 15.6. The van der Waals surface area contributed by atoms with E-state index >= 15 is 0 Å². The van der Waals surface area contributed by atoms with Gasteiger partial charge in [0.25, 0.3) is 5.91 Å². The highest BCUT2D eigenvalue weighted by Crippen LogP contribution is 2.37. The van der Waals surface area contributed by atoms with Gasteiger partial charge < -0.3 is 10.6 Å². The summed E-state index contributed by atoms with van der Waals surface area (Å²) in [6.07, 6.45) is 2.25. The number of nitrogens with zero attached hydrogens (tertiary/aromatic N) is 2. The number of thiophene rings is 1. The first-order chi connectivity index (χ1) is 10.2. The summed E-state index contributed by atoms with van der Waals surface area (Å²) < 4.78 is 0. The van der Waals surface area contributed by atoms with Crippen LogP contribution in [-0.4, -0.2) is 40.1 Å². The molecule has 0 bridgehead atoms. The second-order valence-electron chi connectivity index (χ2n) is 6.02. The molecule has 1 saturated heterocycles. The lowest BCUT2D eigenvalue weighted by molar-refractivity contribution is 0.0773. The molecule has 2 aromatic heterocycles. The van der Waals surface area contributed by atoms with Crippen molar-refractivity contribution < 1.29 is 4.79 Å². The van der Waals surface area contributed by atoms with Gasteiger partial charge in [-0.3, -0.25) is 9.89 Å². The lowest BCUT2D eigenvalue weighted by Crippen LogP contribution is -2.33. The Bertz CT molecular complexity index is 656. The van der Waals surface area contributed by atoms with Crippen molar-refractivity contribution in [3.63, 3.8) is 0 Å². The number of carbonyl (C=O) groups is 1. The number of amides is 1. The van der Waals surface area contributed by atoms with E-state index in [9.17, 15) is 4.79 Å². The van der Waals surface area contributed by atoms with Gasteiger partial charge in [-0.1, -0.05) is 6.07 Å². The second-order valence-corrected chi connectivity index (χ2v) is 6.97. The Morgan fingerprint density at radius 1 is 1.41 bits per heavy atom. The van der Waals surface area contributed by atoms with Crippen molar-refractivity contribution in [2.75, 3.05) is 13.1 Å². The van der Waals surface area contributed by atoms with E-state index in [1.807, 2.05) is 28.5 Å². The van der Waals surface area contributed by atoms with Gasteiger partial charge >= 0.3 is 0 Å². The average molecular weight is 339 g/mol. The lowest BCUT2D eigenvalue weighted by Gasteiger charge is -2.17. The van der Waals surface area contributed by atoms with E-state index in [1.54, 1.807) is 11.3 Å². The van der Waals surface area contributed by atoms with Crippen LogP contribution in [0.5, 0.6) is 0 Å². The summed E-state index contributed by atoms with van der Waals surface area (Å²) in [5.74, 6) is 1.08. The maximum absolute atomic E-state index is 12.6. The number of aromatic nitrogens is 2. The molecule has 2 fully saturated rings. The molecule has 0 radical (unpaired) electrons. The van der Waals surface area contributed by atoms with E-state index in [0.29, 0.717) is 17.5 Å². The van der Waals surface area contributed by atoms with Gasteiger partial charge in [0.15, 0.2) is 5.69 Å². The minimum atomic E-state index is 0.